The normalized spacial score (nSPS) is 12.2. The van der Waals surface area contributed by atoms with Gasteiger partial charge >= 0.3 is 0 Å². The number of rotatable bonds is 9. The van der Waals surface area contributed by atoms with Gasteiger partial charge in [-0.2, -0.15) is 0 Å². The fourth-order valence-electron chi connectivity index (χ4n) is 10.7. The van der Waals surface area contributed by atoms with E-state index in [1.807, 2.05) is 48.5 Å². The SMILES string of the molecule is c1ccc(-c2cc(-c3ccccc3)nc(-c3cc(N4c5ccccc5Cc5ccccc54)ccc3-c3ccc(N4c5ccccc5Oc5ccccc54)cc3-c3nc(-c4ccccc4)cc(-c4ccccc4)n3)n2)cc1. The van der Waals surface area contributed by atoms with Crippen LogP contribution in [0.1, 0.15) is 11.1 Å². The van der Waals surface area contributed by atoms with Crippen LogP contribution in [-0.2, 0) is 6.42 Å². The quantitative estimate of drug-likeness (QED) is 0.143. The molecular formula is C69H46N6O. The topological polar surface area (TPSA) is 67.3 Å². The second kappa shape index (κ2) is 19.0. The summed E-state index contributed by atoms with van der Waals surface area (Å²) in [6, 6.07) is 92.9. The molecule has 12 aromatic rings. The summed E-state index contributed by atoms with van der Waals surface area (Å²) >= 11 is 0. The number of para-hydroxylation sites is 6. The zero-order valence-corrected chi connectivity index (χ0v) is 41.2. The Labute approximate surface area is 441 Å². The van der Waals surface area contributed by atoms with Gasteiger partial charge in [-0.15, -0.1) is 0 Å². The van der Waals surface area contributed by atoms with E-state index in [1.165, 1.54) is 11.1 Å². The molecule has 14 rings (SSSR count). The first kappa shape index (κ1) is 44.5. The molecule has 0 spiro atoms. The van der Waals surface area contributed by atoms with Crippen molar-refractivity contribution in [2.45, 2.75) is 6.42 Å². The summed E-state index contributed by atoms with van der Waals surface area (Å²) in [5, 5.41) is 0. The number of aromatic nitrogens is 4. The van der Waals surface area contributed by atoms with Crippen molar-refractivity contribution in [3.63, 3.8) is 0 Å². The Bertz CT molecular complexity index is 3650. The summed E-state index contributed by atoms with van der Waals surface area (Å²) in [6.45, 7) is 0. The monoisotopic (exact) mass is 974 g/mol. The van der Waals surface area contributed by atoms with E-state index < -0.39 is 0 Å². The van der Waals surface area contributed by atoms with E-state index in [1.54, 1.807) is 0 Å². The van der Waals surface area contributed by atoms with Gasteiger partial charge in [-0.05, 0) is 95.1 Å². The van der Waals surface area contributed by atoms with E-state index in [-0.39, 0.29) is 0 Å². The van der Waals surface area contributed by atoms with Crippen molar-refractivity contribution in [2.24, 2.45) is 0 Å². The average molecular weight is 975 g/mol. The lowest BCUT2D eigenvalue weighted by atomic mass is 9.91. The van der Waals surface area contributed by atoms with Gasteiger partial charge in [-0.25, -0.2) is 19.9 Å². The van der Waals surface area contributed by atoms with Crippen LogP contribution in [0.15, 0.2) is 267 Å². The van der Waals surface area contributed by atoms with E-state index in [0.717, 1.165) is 119 Å². The van der Waals surface area contributed by atoms with Crippen molar-refractivity contribution in [3.05, 3.63) is 278 Å². The van der Waals surface area contributed by atoms with E-state index in [4.69, 9.17) is 24.7 Å². The van der Waals surface area contributed by atoms with E-state index in [0.29, 0.717) is 11.6 Å². The Kier molecular flexibility index (Phi) is 11.1. The van der Waals surface area contributed by atoms with E-state index in [2.05, 4.69) is 228 Å². The van der Waals surface area contributed by atoms with Crippen LogP contribution in [0.4, 0.5) is 34.1 Å². The largest absolute Gasteiger partial charge is 0.453 e. The van der Waals surface area contributed by atoms with Crippen LogP contribution in [-0.4, -0.2) is 19.9 Å². The van der Waals surface area contributed by atoms with Crippen molar-refractivity contribution in [1.29, 1.82) is 0 Å². The standard InChI is InChI=1S/C69H46N6O/c1-5-21-46(22-6-1)58-44-59(47-23-7-2-8-24-47)71-68(70-58)56-42-52(74-62-31-15-13-29-50(62)41-51-30-14-16-32-63(51)74)37-39-54(56)55-40-38-53(75-64-33-17-19-35-66(64)76-67-36-20-18-34-65(67)75)43-57(55)69-72-60(48-25-9-3-10-26-48)45-61(73-69)49-27-11-4-12-28-49/h1-40,42-45H,41H2. The third-order valence-corrected chi connectivity index (χ3v) is 14.3. The molecule has 0 bridgehead atoms. The predicted octanol–water partition coefficient (Wildman–Crippen LogP) is 17.9. The smallest absolute Gasteiger partial charge is 0.161 e. The third-order valence-electron chi connectivity index (χ3n) is 14.3. The van der Waals surface area contributed by atoms with E-state index >= 15 is 0 Å². The highest BCUT2D eigenvalue weighted by Gasteiger charge is 2.29. The Morgan fingerprint density at radius 3 is 0.974 bits per heavy atom. The molecule has 10 aromatic carbocycles. The highest BCUT2D eigenvalue weighted by molar-refractivity contribution is 5.97. The molecule has 0 saturated heterocycles. The summed E-state index contributed by atoms with van der Waals surface area (Å²) in [6.07, 6.45) is 0.845. The summed E-state index contributed by atoms with van der Waals surface area (Å²) in [5.41, 5.74) is 19.3. The highest BCUT2D eigenvalue weighted by atomic mass is 16.5. The predicted molar refractivity (Wildman–Crippen MR) is 308 cm³/mol. The Morgan fingerprint density at radius 1 is 0.276 bits per heavy atom. The summed E-state index contributed by atoms with van der Waals surface area (Å²) in [4.78, 5) is 26.7. The molecule has 76 heavy (non-hydrogen) atoms. The number of fused-ring (bicyclic) bond motifs is 4. The van der Waals surface area contributed by atoms with Gasteiger partial charge < -0.3 is 14.5 Å². The zero-order valence-electron chi connectivity index (χ0n) is 41.2. The Morgan fingerprint density at radius 2 is 0.592 bits per heavy atom. The molecule has 0 saturated carbocycles. The summed E-state index contributed by atoms with van der Waals surface area (Å²) in [7, 11) is 0. The fraction of sp³-hybridized carbons (Fsp3) is 0.0145. The summed E-state index contributed by atoms with van der Waals surface area (Å²) < 4.78 is 6.54. The molecule has 7 nitrogen and oxygen atoms in total. The first-order chi connectivity index (χ1) is 37.7. The molecule has 0 N–H and O–H groups in total. The maximum absolute atomic E-state index is 6.54. The van der Waals surface area contributed by atoms with Crippen LogP contribution in [0.25, 0.3) is 78.9 Å². The molecule has 358 valence electrons. The fourth-order valence-corrected chi connectivity index (χ4v) is 10.7. The summed E-state index contributed by atoms with van der Waals surface area (Å²) in [5.74, 6) is 2.70. The lowest BCUT2D eigenvalue weighted by Crippen LogP contribution is -2.18. The lowest BCUT2D eigenvalue weighted by Gasteiger charge is -2.34. The van der Waals surface area contributed by atoms with Crippen LogP contribution >= 0.6 is 0 Å². The van der Waals surface area contributed by atoms with Crippen LogP contribution in [0.3, 0.4) is 0 Å². The molecule has 4 heterocycles. The second-order valence-electron chi connectivity index (χ2n) is 19.0. The third kappa shape index (κ3) is 8.13. The highest BCUT2D eigenvalue weighted by Crippen LogP contribution is 2.52. The van der Waals surface area contributed by atoms with Gasteiger partial charge in [0.25, 0.3) is 0 Å². The number of nitrogens with zero attached hydrogens (tertiary/aromatic N) is 6. The number of anilines is 6. The molecule has 7 heteroatoms. The Hall–Kier alpha value is -10.2. The van der Waals surface area contributed by atoms with Crippen LogP contribution in [0.5, 0.6) is 11.5 Å². The number of benzene rings is 10. The number of hydrogen-bond acceptors (Lipinski definition) is 7. The van der Waals surface area contributed by atoms with Crippen molar-refractivity contribution in [3.8, 4) is 90.4 Å². The Balaban J connectivity index is 1.07. The van der Waals surface area contributed by atoms with Crippen molar-refractivity contribution >= 4 is 34.1 Å². The number of hydrogen-bond donors (Lipinski definition) is 0. The molecule has 0 atom stereocenters. The molecule has 2 aliphatic heterocycles. The van der Waals surface area contributed by atoms with Crippen LogP contribution in [0.2, 0.25) is 0 Å². The number of ether oxygens (including phenoxy) is 1. The first-order valence-corrected chi connectivity index (χ1v) is 25.6. The van der Waals surface area contributed by atoms with E-state index in [9.17, 15) is 0 Å². The molecule has 2 aromatic heterocycles. The lowest BCUT2D eigenvalue weighted by molar-refractivity contribution is 0.477. The van der Waals surface area contributed by atoms with Crippen molar-refractivity contribution < 1.29 is 4.74 Å². The maximum Gasteiger partial charge on any atom is 0.161 e. The van der Waals surface area contributed by atoms with Crippen LogP contribution in [0, 0.1) is 0 Å². The minimum atomic E-state index is 0.574. The van der Waals surface area contributed by atoms with Gasteiger partial charge in [-0.3, -0.25) is 0 Å². The first-order valence-electron chi connectivity index (χ1n) is 25.6. The van der Waals surface area contributed by atoms with Gasteiger partial charge in [-0.1, -0.05) is 194 Å². The maximum atomic E-state index is 6.54. The molecule has 0 fully saturated rings. The molecular weight excluding hydrogens is 929 g/mol. The molecule has 0 aliphatic carbocycles. The van der Waals surface area contributed by atoms with Gasteiger partial charge in [0.2, 0.25) is 0 Å². The van der Waals surface area contributed by atoms with Crippen LogP contribution < -0.4 is 14.5 Å². The molecule has 2 aliphatic rings. The van der Waals surface area contributed by atoms with Gasteiger partial charge in [0.15, 0.2) is 23.1 Å². The molecule has 0 amide bonds. The average Bonchev–Trinajstić information content (AvgIpc) is 3.51. The minimum Gasteiger partial charge on any atom is -0.453 e. The molecule has 0 radical (unpaired) electrons. The zero-order chi connectivity index (χ0) is 50.4. The van der Waals surface area contributed by atoms with Crippen molar-refractivity contribution in [1.82, 2.24) is 19.9 Å². The minimum absolute atomic E-state index is 0.574. The second-order valence-corrected chi connectivity index (χ2v) is 19.0. The van der Waals surface area contributed by atoms with Gasteiger partial charge in [0.05, 0.1) is 34.2 Å². The molecule has 0 unspecified atom stereocenters. The van der Waals surface area contributed by atoms with Gasteiger partial charge in [0.1, 0.15) is 0 Å². The van der Waals surface area contributed by atoms with Gasteiger partial charge in [0, 0.05) is 62.6 Å². The van der Waals surface area contributed by atoms with Crippen molar-refractivity contribution in [2.75, 3.05) is 9.80 Å².